The Hall–Kier alpha value is -2.23. The fourth-order valence-corrected chi connectivity index (χ4v) is 1.50. The van der Waals surface area contributed by atoms with Gasteiger partial charge in [0.05, 0.1) is 17.5 Å². The van der Waals surface area contributed by atoms with Crippen molar-refractivity contribution in [2.24, 2.45) is 0 Å². The first-order chi connectivity index (χ1) is 7.43. The molecule has 3 rings (SSSR count). The van der Waals surface area contributed by atoms with E-state index in [1.54, 1.807) is 6.33 Å². The van der Waals surface area contributed by atoms with E-state index < -0.39 is 0 Å². The van der Waals surface area contributed by atoms with Gasteiger partial charge < -0.3 is 4.98 Å². The predicted molar refractivity (Wildman–Crippen MR) is 57.1 cm³/mol. The Balaban J connectivity index is 2.19. The van der Waals surface area contributed by atoms with Crippen LogP contribution in [-0.2, 0) is 0 Å². The van der Waals surface area contributed by atoms with Crippen molar-refractivity contribution in [1.82, 2.24) is 20.2 Å². The lowest BCUT2D eigenvalue weighted by Crippen LogP contribution is -1.87. The van der Waals surface area contributed by atoms with Gasteiger partial charge in [-0.05, 0) is 6.07 Å². The summed E-state index contributed by atoms with van der Waals surface area (Å²) in [6, 6.07) is 11.9. The molecule has 72 valence electrons. The van der Waals surface area contributed by atoms with Crippen LogP contribution in [0.4, 0.5) is 0 Å². The van der Waals surface area contributed by atoms with E-state index in [9.17, 15) is 0 Å². The molecule has 0 saturated carbocycles. The van der Waals surface area contributed by atoms with Crippen LogP contribution in [0.5, 0.6) is 0 Å². The summed E-state index contributed by atoms with van der Waals surface area (Å²) in [7, 11) is 0. The van der Waals surface area contributed by atoms with E-state index in [0.717, 1.165) is 16.8 Å². The monoisotopic (exact) mass is 196 g/mol. The van der Waals surface area contributed by atoms with E-state index in [-0.39, 0.29) is 0 Å². The zero-order chi connectivity index (χ0) is 10.1. The second kappa shape index (κ2) is 3.16. The minimum Gasteiger partial charge on any atom is -0.343 e. The van der Waals surface area contributed by atoms with Crippen LogP contribution < -0.4 is 0 Å². The van der Waals surface area contributed by atoms with E-state index in [0.29, 0.717) is 5.65 Å². The van der Waals surface area contributed by atoms with Crippen LogP contribution in [-0.4, -0.2) is 20.2 Å². The fourth-order valence-electron chi connectivity index (χ4n) is 1.50. The molecule has 0 aliphatic rings. The maximum atomic E-state index is 4.12. The van der Waals surface area contributed by atoms with E-state index in [2.05, 4.69) is 20.2 Å². The molecule has 0 saturated heterocycles. The number of nitrogens with one attached hydrogen (secondary N) is 1. The predicted octanol–water partition coefficient (Wildman–Crippen LogP) is 2.02. The Labute approximate surface area is 86.0 Å². The summed E-state index contributed by atoms with van der Waals surface area (Å²) in [5, 5.41) is 8.14. The van der Waals surface area contributed by atoms with Crippen molar-refractivity contribution in [1.29, 1.82) is 0 Å². The summed E-state index contributed by atoms with van der Waals surface area (Å²) in [4.78, 5) is 7.04. The van der Waals surface area contributed by atoms with E-state index in [1.807, 2.05) is 36.4 Å². The largest absolute Gasteiger partial charge is 0.343 e. The molecule has 0 aliphatic heterocycles. The third-order valence-electron chi connectivity index (χ3n) is 2.25. The molecule has 15 heavy (non-hydrogen) atoms. The number of fused-ring (bicyclic) bond motifs is 1. The standard InChI is InChI=1S/C11H8N4/c1-2-4-8(5-3-1)9-6-10-11(15-14-9)13-7-12-10/h1-7H,(H,12,13,15). The van der Waals surface area contributed by atoms with Crippen molar-refractivity contribution in [3.05, 3.63) is 42.7 Å². The zero-order valence-electron chi connectivity index (χ0n) is 7.88. The lowest BCUT2D eigenvalue weighted by molar-refractivity contribution is 1.06. The van der Waals surface area contributed by atoms with Crippen LogP contribution in [0.1, 0.15) is 0 Å². The van der Waals surface area contributed by atoms with Crippen molar-refractivity contribution in [3.8, 4) is 11.3 Å². The van der Waals surface area contributed by atoms with Gasteiger partial charge in [0.15, 0.2) is 5.65 Å². The smallest absolute Gasteiger partial charge is 0.199 e. The van der Waals surface area contributed by atoms with E-state index in [4.69, 9.17) is 0 Å². The van der Waals surface area contributed by atoms with Crippen LogP contribution >= 0.6 is 0 Å². The number of aromatic nitrogens is 4. The van der Waals surface area contributed by atoms with Gasteiger partial charge in [-0.3, -0.25) is 0 Å². The molecular weight excluding hydrogens is 188 g/mol. The number of imidazole rings is 1. The molecule has 0 bridgehead atoms. The van der Waals surface area contributed by atoms with E-state index in [1.165, 1.54) is 0 Å². The quantitative estimate of drug-likeness (QED) is 0.647. The molecule has 0 atom stereocenters. The first-order valence-corrected chi connectivity index (χ1v) is 4.66. The van der Waals surface area contributed by atoms with Crippen LogP contribution in [0.2, 0.25) is 0 Å². The van der Waals surface area contributed by atoms with Crippen molar-refractivity contribution in [2.75, 3.05) is 0 Å². The van der Waals surface area contributed by atoms with Gasteiger partial charge >= 0.3 is 0 Å². The number of benzene rings is 1. The maximum absolute atomic E-state index is 4.12. The summed E-state index contributed by atoms with van der Waals surface area (Å²) in [5.41, 5.74) is 3.47. The zero-order valence-corrected chi connectivity index (χ0v) is 7.88. The van der Waals surface area contributed by atoms with Gasteiger partial charge in [0.25, 0.3) is 0 Å². The molecule has 1 N–H and O–H groups in total. The second-order valence-corrected chi connectivity index (χ2v) is 3.24. The SMILES string of the molecule is c1ccc(-c2cc3[nH]cnc3nn2)cc1. The minimum absolute atomic E-state index is 0.648. The Kier molecular flexibility index (Phi) is 1.71. The highest BCUT2D eigenvalue weighted by Gasteiger charge is 2.02. The first kappa shape index (κ1) is 8.11. The molecule has 3 aromatic rings. The number of nitrogens with zero attached hydrogens (tertiary/aromatic N) is 3. The molecular formula is C11H8N4. The van der Waals surface area contributed by atoms with Gasteiger partial charge in [0, 0.05) is 5.56 Å². The van der Waals surface area contributed by atoms with Crippen LogP contribution in [0, 0.1) is 0 Å². The topological polar surface area (TPSA) is 54.5 Å². The van der Waals surface area contributed by atoms with Crippen LogP contribution in [0.25, 0.3) is 22.4 Å². The van der Waals surface area contributed by atoms with Crippen molar-refractivity contribution in [3.63, 3.8) is 0 Å². The van der Waals surface area contributed by atoms with E-state index >= 15 is 0 Å². The van der Waals surface area contributed by atoms with Crippen molar-refractivity contribution >= 4 is 11.2 Å². The van der Waals surface area contributed by atoms with Crippen LogP contribution in [0.3, 0.4) is 0 Å². The molecule has 0 spiro atoms. The molecule has 0 radical (unpaired) electrons. The lowest BCUT2D eigenvalue weighted by Gasteiger charge is -1.98. The van der Waals surface area contributed by atoms with Gasteiger partial charge in [-0.25, -0.2) is 4.98 Å². The highest BCUT2D eigenvalue weighted by Crippen LogP contribution is 2.17. The molecule has 4 nitrogen and oxygen atoms in total. The Morgan fingerprint density at radius 1 is 1.00 bits per heavy atom. The summed E-state index contributed by atoms with van der Waals surface area (Å²) in [5.74, 6) is 0. The van der Waals surface area contributed by atoms with Gasteiger partial charge in [-0.2, -0.15) is 0 Å². The summed E-state index contributed by atoms with van der Waals surface area (Å²) in [6.07, 6.45) is 1.62. The summed E-state index contributed by atoms with van der Waals surface area (Å²) in [6.45, 7) is 0. The maximum Gasteiger partial charge on any atom is 0.199 e. The second-order valence-electron chi connectivity index (χ2n) is 3.24. The third-order valence-corrected chi connectivity index (χ3v) is 2.25. The number of aromatic amines is 1. The molecule has 2 heterocycles. The van der Waals surface area contributed by atoms with Crippen molar-refractivity contribution in [2.45, 2.75) is 0 Å². The molecule has 4 heteroatoms. The third kappa shape index (κ3) is 1.36. The fraction of sp³-hybridized carbons (Fsp3) is 0. The normalized spacial score (nSPS) is 10.7. The van der Waals surface area contributed by atoms with Gasteiger partial charge in [0.1, 0.15) is 0 Å². The molecule has 0 aliphatic carbocycles. The average molecular weight is 196 g/mol. The first-order valence-electron chi connectivity index (χ1n) is 4.66. The number of H-pyrrole nitrogens is 1. The number of hydrogen-bond acceptors (Lipinski definition) is 3. The summed E-state index contributed by atoms with van der Waals surface area (Å²) < 4.78 is 0. The molecule has 2 aromatic heterocycles. The van der Waals surface area contributed by atoms with Gasteiger partial charge in [0.2, 0.25) is 0 Å². The minimum atomic E-state index is 0.648. The molecule has 0 fully saturated rings. The van der Waals surface area contributed by atoms with Crippen LogP contribution in [0.15, 0.2) is 42.7 Å². The highest BCUT2D eigenvalue weighted by molar-refractivity contribution is 5.74. The number of hydrogen-bond donors (Lipinski definition) is 1. The summed E-state index contributed by atoms with van der Waals surface area (Å²) >= 11 is 0. The lowest BCUT2D eigenvalue weighted by atomic mass is 10.1. The van der Waals surface area contributed by atoms with Gasteiger partial charge in [-0.15, -0.1) is 10.2 Å². The molecule has 0 amide bonds. The van der Waals surface area contributed by atoms with Gasteiger partial charge in [-0.1, -0.05) is 30.3 Å². The highest BCUT2D eigenvalue weighted by atomic mass is 15.1. The Morgan fingerprint density at radius 3 is 2.73 bits per heavy atom. The average Bonchev–Trinajstić information content (AvgIpc) is 2.77. The van der Waals surface area contributed by atoms with Crippen molar-refractivity contribution < 1.29 is 0 Å². The number of rotatable bonds is 1. The Morgan fingerprint density at radius 2 is 1.87 bits per heavy atom. The molecule has 1 aromatic carbocycles. The molecule has 0 unspecified atom stereocenters. The Bertz CT molecular complexity index is 586.